The maximum atomic E-state index is 13.2. The molecule has 0 aliphatic carbocycles. The number of ether oxygens (including phenoxy) is 1. The van der Waals surface area contributed by atoms with E-state index in [0.29, 0.717) is 37.0 Å². The van der Waals surface area contributed by atoms with Crippen molar-refractivity contribution < 1.29 is 17.9 Å². The third-order valence-corrected chi connectivity index (χ3v) is 7.53. The number of aromatic nitrogens is 1. The van der Waals surface area contributed by atoms with E-state index in [1.165, 1.54) is 16.8 Å². The molecule has 1 atom stereocenters. The maximum absolute atomic E-state index is 13.2. The Labute approximate surface area is 171 Å². The Balaban J connectivity index is 1.56. The average Bonchev–Trinajstić information content (AvgIpc) is 2.73. The third-order valence-electron chi connectivity index (χ3n) is 5.64. The Kier molecular flexibility index (Phi) is 5.31. The Morgan fingerprint density at radius 1 is 1.14 bits per heavy atom. The number of pyridine rings is 1. The van der Waals surface area contributed by atoms with Crippen molar-refractivity contribution in [2.45, 2.75) is 43.6 Å². The van der Waals surface area contributed by atoms with Gasteiger partial charge in [0.15, 0.2) is 0 Å². The molecule has 0 bridgehead atoms. The van der Waals surface area contributed by atoms with Crippen molar-refractivity contribution >= 4 is 21.6 Å². The van der Waals surface area contributed by atoms with Crippen LogP contribution in [0.4, 0.5) is 5.69 Å². The summed E-state index contributed by atoms with van der Waals surface area (Å²) in [5.41, 5.74) is 1.72. The van der Waals surface area contributed by atoms with Crippen molar-refractivity contribution in [3.05, 3.63) is 48.3 Å². The lowest BCUT2D eigenvalue weighted by atomic mass is 9.91. The molecular weight excluding hydrogens is 390 g/mol. The van der Waals surface area contributed by atoms with Crippen LogP contribution in [-0.4, -0.2) is 49.4 Å². The molecule has 0 N–H and O–H groups in total. The molecule has 29 heavy (non-hydrogen) atoms. The van der Waals surface area contributed by atoms with Crippen LogP contribution < -0.4 is 9.64 Å². The van der Waals surface area contributed by atoms with Crippen molar-refractivity contribution in [3.63, 3.8) is 0 Å². The van der Waals surface area contributed by atoms with Crippen molar-refractivity contribution in [2.75, 3.05) is 24.5 Å². The van der Waals surface area contributed by atoms with E-state index >= 15 is 0 Å². The lowest BCUT2D eigenvalue weighted by Gasteiger charge is -2.34. The highest BCUT2D eigenvalue weighted by atomic mass is 32.2. The van der Waals surface area contributed by atoms with Gasteiger partial charge in [-0.1, -0.05) is 0 Å². The number of benzene rings is 1. The van der Waals surface area contributed by atoms with Crippen molar-refractivity contribution in [3.8, 4) is 5.75 Å². The molecule has 0 saturated carbocycles. The number of sulfonamides is 1. The van der Waals surface area contributed by atoms with E-state index in [4.69, 9.17) is 4.74 Å². The number of carbonyl (C=O) groups is 1. The molecule has 1 aromatic carbocycles. The van der Waals surface area contributed by atoms with Crippen LogP contribution in [0.3, 0.4) is 0 Å². The van der Waals surface area contributed by atoms with Gasteiger partial charge in [-0.15, -0.1) is 0 Å². The van der Waals surface area contributed by atoms with Gasteiger partial charge in [0.25, 0.3) is 0 Å². The third kappa shape index (κ3) is 3.86. The van der Waals surface area contributed by atoms with Crippen LogP contribution in [0.2, 0.25) is 0 Å². The number of rotatable bonds is 3. The number of carbonyl (C=O) groups excluding carboxylic acids is 1. The van der Waals surface area contributed by atoms with Crippen molar-refractivity contribution in [1.29, 1.82) is 0 Å². The van der Waals surface area contributed by atoms with Gasteiger partial charge in [0, 0.05) is 32.4 Å². The second kappa shape index (κ2) is 7.76. The van der Waals surface area contributed by atoms with Crippen LogP contribution in [0, 0.1) is 0 Å². The van der Waals surface area contributed by atoms with E-state index < -0.39 is 10.0 Å². The highest BCUT2D eigenvalue weighted by Crippen LogP contribution is 2.37. The number of anilines is 1. The Hall–Kier alpha value is -2.45. The first-order chi connectivity index (χ1) is 13.9. The average molecular weight is 416 g/mol. The first-order valence-corrected chi connectivity index (χ1v) is 11.3. The van der Waals surface area contributed by atoms with Crippen molar-refractivity contribution in [1.82, 2.24) is 9.29 Å². The van der Waals surface area contributed by atoms with Gasteiger partial charge in [-0.05, 0) is 61.6 Å². The molecule has 154 valence electrons. The highest BCUT2D eigenvalue weighted by Gasteiger charge is 2.32. The summed E-state index contributed by atoms with van der Waals surface area (Å²) in [4.78, 5) is 17.9. The van der Waals surface area contributed by atoms with Crippen LogP contribution >= 0.6 is 0 Å². The van der Waals surface area contributed by atoms with Gasteiger partial charge in [-0.25, -0.2) is 8.42 Å². The van der Waals surface area contributed by atoms with Gasteiger partial charge in [0.2, 0.25) is 15.9 Å². The fraction of sp³-hybridized carbons (Fsp3) is 0.429. The number of hydrogen-bond acceptors (Lipinski definition) is 5. The van der Waals surface area contributed by atoms with Crippen LogP contribution in [0.5, 0.6) is 5.75 Å². The minimum Gasteiger partial charge on any atom is -0.487 e. The lowest BCUT2D eigenvalue weighted by molar-refractivity contribution is -0.117. The second-order valence-electron chi connectivity index (χ2n) is 7.65. The summed E-state index contributed by atoms with van der Waals surface area (Å²) in [6, 6.07) is 8.77. The standard InChI is InChI=1S/C21H25N3O4S/c1-15-14-24(16(2)25)20-13-19(3-4-21(20)28-15)29(26,27)23-11-7-18(8-12-23)17-5-9-22-10-6-17/h3-6,9-10,13,15,18H,7-8,11-12,14H2,1-2H3/t15-/m1/s1. The van der Waals surface area contributed by atoms with Gasteiger partial charge >= 0.3 is 0 Å². The Bertz CT molecular complexity index is 1000. The summed E-state index contributed by atoms with van der Waals surface area (Å²) in [6.07, 6.45) is 4.95. The first kappa shape index (κ1) is 19.8. The minimum atomic E-state index is -3.64. The molecule has 0 radical (unpaired) electrons. The van der Waals surface area contributed by atoms with E-state index in [1.807, 2.05) is 19.1 Å². The van der Waals surface area contributed by atoms with E-state index in [2.05, 4.69) is 4.98 Å². The van der Waals surface area contributed by atoms with E-state index in [9.17, 15) is 13.2 Å². The minimum absolute atomic E-state index is 0.130. The quantitative estimate of drug-likeness (QED) is 0.770. The summed E-state index contributed by atoms with van der Waals surface area (Å²) < 4.78 is 33.8. The maximum Gasteiger partial charge on any atom is 0.243 e. The summed E-state index contributed by atoms with van der Waals surface area (Å²) in [5, 5.41) is 0. The number of amides is 1. The van der Waals surface area contributed by atoms with Gasteiger partial charge < -0.3 is 9.64 Å². The van der Waals surface area contributed by atoms with Crippen LogP contribution in [0.15, 0.2) is 47.6 Å². The fourth-order valence-electron chi connectivity index (χ4n) is 4.09. The molecule has 0 spiro atoms. The topological polar surface area (TPSA) is 79.8 Å². The molecule has 7 nitrogen and oxygen atoms in total. The smallest absolute Gasteiger partial charge is 0.243 e. The Morgan fingerprint density at radius 2 is 1.83 bits per heavy atom. The fourth-order valence-corrected chi connectivity index (χ4v) is 5.58. The molecule has 4 rings (SSSR count). The lowest BCUT2D eigenvalue weighted by Crippen LogP contribution is -2.41. The van der Waals surface area contributed by atoms with E-state index in [0.717, 1.165) is 12.8 Å². The second-order valence-corrected chi connectivity index (χ2v) is 9.58. The zero-order chi connectivity index (χ0) is 20.6. The van der Waals surface area contributed by atoms with Crippen LogP contribution in [-0.2, 0) is 14.8 Å². The van der Waals surface area contributed by atoms with E-state index in [1.54, 1.807) is 35.5 Å². The largest absolute Gasteiger partial charge is 0.487 e. The molecule has 1 saturated heterocycles. The predicted octanol–water partition coefficient (Wildman–Crippen LogP) is 2.78. The summed E-state index contributed by atoms with van der Waals surface area (Å²) in [6.45, 7) is 4.71. The number of nitrogens with zero attached hydrogens (tertiary/aromatic N) is 3. The molecule has 2 aliphatic heterocycles. The van der Waals surface area contributed by atoms with Gasteiger partial charge in [-0.3, -0.25) is 9.78 Å². The zero-order valence-corrected chi connectivity index (χ0v) is 17.4. The molecule has 1 amide bonds. The highest BCUT2D eigenvalue weighted by molar-refractivity contribution is 7.89. The molecule has 8 heteroatoms. The monoisotopic (exact) mass is 415 g/mol. The van der Waals surface area contributed by atoms with E-state index in [-0.39, 0.29) is 16.9 Å². The normalized spacial score (nSPS) is 20.8. The molecule has 3 heterocycles. The van der Waals surface area contributed by atoms with Crippen LogP contribution in [0.25, 0.3) is 0 Å². The number of hydrogen-bond donors (Lipinski definition) is 0. The van der Waals surface area contributed by atoms with Crippen molar-refractivity contribution in [2.24, 2.45) is 0 Å². The van der Waals surface area contributed by atoms with Gasteiger partial charge in [0.1, 0.15) is 11.9 Å². The number of fused-ring (bicyclic) bond motifs is 1. The molecule has 2 aliphatic rings. The first-order valence-electron chi connectivity index (χ1n) is 9.85. The Morgan fingerprint density at radius 3 is 2.48 bits per heavy atom. The summed E-state index contributed by atoms with van der Waals surface area (Å²) in [7, 11) is -3.64. The molecule has 2 aromatic rings. The predicted molar refractivity (Wildman–Crippen MR) is 110 cm³/mol. The molecule has 0 unspecified atom stereocenters. The molecular formula is C21H25N3O4S. The number of piperidine rings is 1. The molecule has 1 aromatic heterocycles. The summed E-state index contributed by atoms with van der Waals surface area (Å²) >= 11 is 0. The SMILES string of the molecule is CC(=O)N1C[C@@H](C)Oc2ccc(S(=O)(=O)N3CCC(c4ccncc4)CC3)cc21. The van der Waals surface area contributed by atoms with Gasteiger partial charge in [-0.2, -0.15) is 4.31 Å². The summed E-state index contributed by atoms with van der Waals surface area (Å²) in [5.74, 6) is 0.750. The van der Waals surface area contributed by atoms with Crippen LogP contribution in [0.1, 0.15) is 38.2 Å². The molecule has 1 fully saturated rings. The zero-order valence-electron chi connectivity index (χ0n) is 16.6. The van der Waals surface area contributed by atoms with Gasteiger partial charge in [0.05, 0.1) is 17.1 Å².